The maximum Gasteiger partial charge on any atom is 0.331 e. The van der Waals surface area contributed by atoms with Gasteiger partial charge < -0.3 is 29.0 Å². The zero-order chi connectivity index (χ0) is 22.2. The average molecular weight is 427 g/mol. The lowest BCUT2D eigenvalue weighted by Gasteiger charge is -2.21. The predicted molar refractivity (Wildman–Crippen MR) is 114 cm³/mol. The Morgan fingerprint density at radius 2 is 1.84 bits per heavy atom. The number of hydrogen-bond acceptors (Lipinski definition) is 7. The van der Waals surface area contributed by atoms with Crippen molar-refractivity contribution in [1.82, 2.24) is 5.32 Å². The standard InChI is InChI=1S/C23H25NO7/c1-15(16-4-7-20-21(13-16)30-11-10-29-20)24-22(25)14-31-23(26)9-5-17-12-18(27-2)6-8-19(17)28-3/h4-9,12-13,15H,10-11,14H2,1-3H3,(H,24,25)/b9-5+. The van der Waals surface area contributed by atoms with Gasteiger partial charge in [0.1, 0.15) is 24.7 Å². The Bertz CT molecular complexity index is 970. The number of benzene rings is 2. The summed E-state index contributed by atoms with van der Waals surface area (Å²) >= 11 is 0. The molecule has 1 aliphatic heterocycles. The van der Waals surface area contributed by atoms with E-state index in [4.69, 9.17) is 23.7 Å². The summed E-state index contributed by atoms with van der Waals surface area (Å²) in [6.07, 6.45) is 2.77. The highest BCUT2D eigenvalue weighted by Crippen LogP contribution is 2.32. The Morgan fingerprint density at radius 3 is 2.58 bits per heavy atom. The topological polar surface area (TPSA) is 92.3 Å². The number of fused-ring (bicyclic) bond motifs is 1. The van der Waals surface area contributed by atoms with Gasteiger partial charge in [-0.25, -0.2) is 4.79 Å². The first-order valence-electron chi connectivity index (χ1n) is 9.76. The van der Waals surface area contributed by atoms with Crippen molar-refractivity contribution >= 4 is 18.0 Å². The number of nitrogens with one attached hydrogen (secondary N) is 1. The Morgan fingerprint density at radius 1 is 1.06 bits per heavy atom. The highest BCUT2D eigenvalue weighted by atomic mass is 16.6. The molecular formula is C23H25NO7. The minimum atomic E-state index is -0.646. The molecule has 164 valence electrons. The van der Waals surface area contributed by atoms with E-state index < -0.39 is 18.5 Å². The van der Waals surface area contributed by atoms with Gasteiger partial charge in [-0.05, 0) is 48.9 Å². The van der Waals surface area contributed by atoms with Crippen molar-refractivity contribution in [2.24, 2.45) is 0 Å². The molecule has 1 amide bonds. The smallest absolute Gasteiger partial charge is 0.331 e. The number of esters is 1. The minimum absolute atomic E-state index is 0.293. The van der Waals surface area contributed by atoms with Gasteiger partial charge in [-0.15, -0.1) is 0 Å². The second-order valence-corrected chi connectivity index (χ2v) is 6.74. The predicted octanol–water partition coefficient (Wildman–Crippen LogP) is 2.91. The molecule has 2 aromatic carbocycles. The van der Waals surface area contributed by atoms with Crippen LogP contribution in [0.25, 0.3) is 6.08 Å². The van der Waals surface area contributed by atoms with Gasteiger partial charge in [-0.3, -0.25) is 4.79 Å². The molecule has 1 heterocycles. The molecule has 1 unspecified atom stereocenters. The fourth-order valence-corrected chi connectivity index (χ4v) is 3.01. The number of ether oxygens (including phenoxy) is 5. The van der Waals surface area contributed by atoms with Crippen molar-refractivity contribution in [1.29, 1.82) is 0 Å². The van der Waals surface area contributed by atoms with Crippen LogP contribution in [-0.2, 0) is 14.3 Å². The van der Waals surface area contributed by atoms with Crippen molar-refractivity contribution in [3.63, 3.8) is 0 Å². The van der Waals surface area contributed by atoms with Crippen molar-refractivity contribution in [2.45, 2.75) is 13.0 Å². The summed E-state index contributed by atoms with van der Waals surface area (Å²) in [6.45, 7) is 2.44. The quantitative estimate of drug-likeness (QED) is 0.512. The fraction of sp³-hybridized carbons (Fsp3) is 0.304. The third-order valence-corrected chi connectivity index (χ3v) is 4.63. The monoisotopic (exact) mass is 427 g/mol. The van der Waals surface area contributed by atoms with Crippen LogP contribution in [0.4, 0.5) is 0 Å². The van der Waals surface area contributed by atoms with E-state index in [9.17, 15) is 9.59 Å². The summed E-state index contributed by atoms with van der Waals surface area (Å²) in [7, 11) is 3.08. The van der Waals surface area contributed by atoms with E-state index in [0.29, 0.717) is 41.8 Å². The van der Waals surface area contributed by atoms with Crippen LogP contribution in [-0.4, -0.2) is 45.9 Å². The number of rotatable bonds is 8. The van der Waals surface area contributed by atoms with Gasteiger partial charge in [0.15, 0.2) is 18.1 Å². The molecule has 1 N–H and O–H groups in total. The maximum absolute atomic E-state index is 12.2. The van der Waals surface area contributed by atoms with Crippen molar-refractivity contribution < 1.29 is 33.3 Å². The van der Waals surface area contributed by atoms with Gasteiger partial charge in [-0.2, -0.15) is 0 Å². The highest BCUT2D eigenvalue weighted by molar-refractivity contribution is 5.89. The molecule has 8 nitrogen and oxygen atoms in total. The molecule has 2 aromatic rings. The zero-order valence-electron chi connectivity index (χ0n) is 17.7. The number of amides is 1. The van der Waals surface area contributed by atoms with E-state index in [-0.39, 0.29) is 6.04 Å². The zero-order valence-corrected chi connectivity index (χ0v) is 17.7. The van der Waals surface area contributed by atoms with Gasteiger partial charge in [0.2, 0.25) is 0 Å². The third kappa shape index (κ3) is 5.91. The SMILES string of the molecule is COc1ccc(OC)c(/C=C/C(=O)OCC(=O)NC(C)c2ccc3c(c2)OCCO3)c1. The summed E-state index contributed by atoms with van der Waals surface area (Å²) in [6, 6.07) is 10.4. The molecule has 3 rings (SSSR count). The number of carbonyl (C=O) groups excluding carboxylic acids is 2. The van der Waals surface area contributed by atoms with E-state index >= 15 is 0 Å². The normalized spacial score (nSPS) is 13.4. The van der Waals surface area contributed by atoms with Gasteiger partial charge in [0.05, 0.1) is 20.3 Å². The number of hydrogen-bond donors (Lipinski definition) is 1. The average Bonchev–Trinajstić information content (AvgIpc) is 2.80. The van der Waals surface area contributed by atoms with Crippen LogP contribution < -0.4 is 24.3 Å². The Hall–Kier alpha value is -3.68. The summed E-state index contributed by atoms with van der Waals surface area (Å²) in [5.41, 5.74) is 1.50. The van der Waals surface area contributed by atoms with Gasteiger partial charge in [0.25, 0.3) is 5.91 Å². The van der Waals surface area contributed by atoms with Crippen molar-refractivity contribution in [3.05, 3.63) is 53.6 Å². The van der Waals surface area contributed by atoms with E-state index in [1.807, 2.05) is 25.1 Å². The van der Waals surface area contributed by atoms with Crippen LogP contribution in [0.1, 0.15) is 24.1 Å². The first-order chi connectivity index (χ1) is 15.0. The number of methoxy groups -OCH3 is 2. The van der Waals surface area contributed by atoms with Crippen LogP contribution in [0.2, 0.25) is 0 Å². The largest absolute Gasteiger partial charge is 0.497 e. The molecule has 0 bridgehead atoms. The van der Waals surface area contributed by atoms with Gasteiger partial charge in [0, 0.05) is 11.6 Å². The van der Waals surface area contributed by atoms with Gasteiger partial charge >= 0.3 is 5.97 Å². The third-order valence-electron chi connectivity index (χ3n) is 4.63. The molecule has 1 atom stereocenters. The highest BCUT2D eigenvalue weighted by Gasteiger charge is 2.16. The van der Waals surface area contributed by atoms with E-state index in [1.54, 1.807) is 31.4 Å². The summed E-state index contributed by atoms with van der Waals surface area (Å²) in [5, 5.41) is 2.79. The molecule has 0 aliphatic carbocycles. The van der Waals surface area contributed by atoms with Crippen LogP contribution in [0, 0.1) is 0 Å². The van der Waals surface area contributed by atoms with Crippen LogP contribution in [0.3, 0.4) is 0 Å². The molecule has 1 aliphatic rings. The molecule has 8 heteroatoms. The molecular weight excluding hydrogens is 402 g/mol. The minimum Gasteiger partial charge on any atom is -0.497 e. The van der Waals surface area contributed by atoms with E-state index in [0.717, 1.165) is 5.56 Å². The van der Waals surface area contributed by atoms with E-state index in [2.05, 4.69) is 5.32 Å². The lowest BCUT2D eigenvalue weighted by atomic mass is 10.1. The second kappa shape index (κ2) is 10.4. The lowest BCUT2D eigenvalue weighted by Crippen LogP contribution is -2.31. The Labute approximate surface area is 180 Å². The summed E-state index contributed by atoms with van der Waals surface area (Å²) in [5.74, 6) is 1.48. The van der Waals surface area contributed by atoms with Crippen LogP contribution in [0.5, 0.6) is 23.0 Å². The van der Waals surface area contributed by atoms with Gasteiger partial charge in [-0.1, -0.05) is 6.07 Å². The van der Waals surface area contributed by atoms with E-state index in [1.165, 1.54) is 13.2 Å². The van der Waals surface area contributed by atoms with Crippen LogP contribution >= 0.6 is 0 Å². The van der Waals surface area contributed by atoms with Crippen molar-refractivity contribution in [3.8, 4) is 23.0 Å². The molecule has 31 heavy (non-hydrogen) atoms. The van der Waals surface area contributed by atoms with Crippen molar-refractivity contribution in [2.75, 3.05) is 34.0 Å². The maximum atomic E-state index is 12.2. The Balaban J connectivity index is 1.51. The molecule has 0 fully saturated rings. The molecule has 0 aromatic heterocycles. The Kier molecular flexibility index (Phi) is 7.37. The van der Waals surface area contributed by atoms with Crippen LogP contribution in [0.15, 0.2) is 42.5 Å². The molecule has 0 radical (unpaired) electrons. The fourth-order valence-electron chi connectivity index (χ4n) is 3.01. The first kappa shape index (κ1) is 22.0. The lowest BCUT2D eigenvalue weighted by molar-refractivity contribution is -0.144. The summed E-state index contributed by atoms with van der Waals surface area (Å²) < 4.78 is 26.5. The molecule has 0 spiro atoms. The molecule has 0 saturated heterocycles. The first-order valence-corrected chi connectivity index (χ1v) is 9.76. The number of carbonyl (C=O) groups is 2. The summed E-state index contributed by atoms with van der Waals surface area (Å²) in [4.78, 5) is 24.2. The second-order valence-electron chi connectivity index (χ2n) is 6.74. The molecule has 0 saturated carbocycles.